The van der Waals surface area contributed by atoms with Crippen molar-refractivity contribution in [2.75, 3.05) is 11.9 Å². The lowest BCUT2D eigenvalue weighted by Crippen LogP contribution is -2.39. The van der Waals surface area contributed by atoms with E-state index in [0.717, 1.165) is 45.1 Å². The van der Waals surface area contributed by atoms with Crippen molar-refractivity contribution < 1.29 is 0 Å². The van der Waals surface area contributed by atoms with Crippen LogP contribution in [0.2, 0.25) is 0 Å². The summed E-state index contributed by atoms with van der Waals surface area (Å²) in [6, 6.07) is 35.9. The maximum absolute atomic E-state index is 9.70. The molecule has 174 valence electrons. The first-order valence-electron chi connectivity index (χ1n) is 11.9. The predicted octanol–water partition coefficient (Wildman–Crippen LogP) is 7.03. The van der Waals surface area contributed by atoms with E-state index in [1.165, 1.54) is 0 Å². The fourth-order valence-corrected chi connectivity index (χ4v) is 5.34. The van der Waals surface area contributed by atoms with E-state index in [1.807, 2.05) is 98.0 Å². The average Bonchev–Trinajstić information content (AvgIpc) is 2.98. The molecular formula is C32H21N5. The van der Waals surface area contributed by atoms with Crippen molar-refractivity contribution in [1.29, 1.82) is 5.26 Å². The Labute approximate surface area is 215 Å². The van der Waals surface area contributed by atoms with Gasteiger partial charge in [0.25, 0.3) is 0 Å². The first-order chi connectivity index (χ1) is 18.2. The molecule has 37 heavy (non-hydrogen) atoms. The summed E-state index contributed by atoms with van der Waals surface area (Å²) in [5.41, 5.74) is 7.51. The van der Waals surface area contributed by atoms with Crippen LogP contribution in [0.25, 0.3) is 16.1 Å². The van der Waals surface area contributed by atoms with Crippen molar-refractivity contribution in [1.82, 2.24) is 9.97 Å². The molecule has 1 aliphatic rings. The summed E-state index contributed by atoms with van der Waals surface area (Å²) in [4.78, 5) is 15.9. The van der Waals surface area contributed by atoms with Gasteiger partial charge in [-0.2, -0.15) is 5.26 Å². The molecule has 0 amide bonds. The number of nitriles is 1. The van der Waals surface area contributed by atoms with Crippen molar-refractivity contribution in [2.45, 2.75) is 5.41 Å². The monoisotopic (exact) mass is 475 g/mol. The van der Waals surface area contributed by atoms with Crippen LogP contribution in [-0.2, 0) is 5.41 Å². The van der Waals surface area contributed by atoms with Gasteiger partial charge in [0.05, 0.1) is 35.3 Å². The molecule has 5 heteroatoms. The largest absolute Gasteiger partial charge is 0.345 e. The van der Waals surface area contributed by atoms with Crippen LogP contribution in [0.4, 0.5) is 17.1 Å². The molecule has 3 heterocycles. The molecule has 0 unspecified atom stereocenters. The predicted molar refractivity (Wildman–Crippen MR) is 145 cm³/mol. The number of benzene rings is 3. The number of anilines is 2. The van der Waals surface area contributed by atoms with Crippen molar-refractivity contribution in [3.05, 3.63) is 149 Å². The van der Waals surface area contributed by atoms with Crippen LogP contribution >= 0.6 is 0 Å². The summed E-state index contributed by atoms with van der Waals surface area (Å²) >= 11 is 0. The van der Waals surface area contributed by atoms with Crippen LogP contribution in [0.15, 0.2) is 109 Å². The van der Waals surface area contributed by atoms with Gasteiger partial charge < -0.3 is 4.90 Å². The van der Waals surface area contributed by atoms with Crippen LogP contribution in [0.3, 0.4) is 0 Å². The van der Waals surface area contributed by atoms with E-state index in [0.29, 0.717) is 11.3 Å². The van der Waals surface area contributed by atoms with Crippen molar-refractivity contribution in [3.63, 3.8) is 0 Å². The van der Waals surface area contributed by atoms with E-state index in [2.05, 4.69) is 27.9 Å². The third kappa shape index (κ3) is 3.37. The molecule has 0 saturated carbocycles. The number of fused-ring (bicyclic) bond motifs is 2. The van der Waals surface area contributed by atoms with E-state index in [4.69, 9.17) is 16.5 Å². The van der Waals surface area contributed by atoms with E-state index >= 15 is 0 Å². The lowest BCUT2D eigenvalue weighted by atomic mass is 9.65. The standard InChI is InChI=1S/C32H21N5/c1-34-24-15-17-26-29(20-24)37(2)28-19-22(21-33)14-16-25(28)32(26,30-12-6-7-18-35-30)31-13-8-11-27(36-31)23-9-4-3-5-10-23/h3-20H,2H3/t32-/m1/s1. The van der Waals surface area contributed by atoms with Gasteiger partial charge in [-0.1, -0.05) is 60.7 Å². The molecule has 0 spiro atoms. The summed E-state index contributed by atoms with van der Waals surface area (Å²) in [7, 11) is 1.97. The smallest absolute Gasteiger partial charge is 0.189 e. The Kier molecular flexibility index (Phi) is 5.26. The summed E-state index contributed by atoms with van der Waals surface area (Å²) < 4.78 is 0. The molecule has 6 rings (SSSR count). The highest BCUT2D eigenvalue weighted by atomic mass is 15.1. The lowest BCUT2D eigenvalue weighted by molar-refractivity contribution is 0.676. The Bertz CT molecular complexity index is 1650. The molecule has 5 nitrogen and oxygen atoms in total. The second kappa shape index (κ2) is 8.75. The lowest BCUT2D eigenvalue weighted by Gasteiger charge is -2.44. The SMILES string of the molecule is [C-]#[N+]c1ccc2c(c1)N(C)c1cc(C#N)ccc1[C@@]2(c1ccccn1)c1cccc(-c2ccccc2)n1. The molecule has 1 aliphatic heterocycles. The number of hydrogen-bond donors (Lipinski definition) is 0. The maximum atomic E-state index is 9.70. The molecule has 0 fully saturated rings. The molecule has 1 atom stereocenters. The fourth-order valence-electron chi connectivity index (χ4n) is 5.34. The number of rotatable bonds is 3. The highest BCUT2D eigenvalue weighted by Gasteiger charge is 2.48. The minimum Gasteiger partial charge on any atom is -0.345 e. The Balaban J connectivity index is 1.76. The zero-order chi connectivity index (χ0) is 25.4. The van der Waals surface area contributed by atoms with Crippen LogP contribution in [0.5, 0.6) is 0 Å². The fraction of sp³-hybridized carbons (Fsp3) is 0.0625. The molecule has 0 radical (unpaired) electrons. The molecule has 0 N–H and O–H groups in total. The second-order valence-electron chi connectivity index (χ2n) is 8.96. The number of nitrogens with zero attached hydrogens (tertiary/aromatic N) is 5. The van der Waals surface area contributed by atoms with E-state index in [9.17, 15) is 5.26 Å². The Hall–Kier alpha value is -5.26. The van der Waals surface area contributed by atoms with Gasteiger partial charge in [0, 0.05) is 30.2 Å². The quantitative estimate of drug-likeness (QED) is 0.263. The third-order valence-electron chi connectivity index (χ3n) is 7.02. The second-order valence-corrected chi connectivity index (χ2v) is 8.96. The molecule has 0 aliphatic carbocycles. The summed E-state index contributed by atoms with van der Waals surface area (Å²) in [5, 5.41) is 9.70. The number of aromatic nitrogens is 2. The van der Waals surface area contributed by atoms with Gasteiger partial charge in [-0.15, -0.1) is 0 Å². The van der Waals surface area contributed by atoms with E-state index in [-0.39, 0.29) is 0 Å². The Morgan fingerprint density at radius 2 is 1.54 bits per heavy atom. The Morgan fingerprint density at radius 1 is 0.811 bits per heavy atom. The molecule has 2 aromatic heterocycles. The maximum Gasteiger partial charge on any atom is 0.189 e. The topological polar surface area (TPSA) is 57.2 Å². The summed E-state index contributed by atoms with van der Waals surface area (Å²) in [5.74, 6) is 0. The average molecular weight is 476 g/mol. The summed E-state index contributed by atoms with van der Waals surface area (Å²) in [6.07, 6.45) is 1.80. The minimum absolute atomic E-state index is 0.548. The van der Waals surface area contributed by atoms with Crippen molar-refractivity contribution >= 4 is 17.1 Å². The first kappa shape index (κ1) is 22.2. The van der Waals surface area contributed by atoms with Gasteiger partial charge in [-0.25, -0.2) is 4.85 Å². The minimum atomic E-state index is -0.863. The van der Waals surface area contributed by atoms with E-state index in [1.54, 1.807) is 6.20 Å². The van der Waals surface area contributed by atoms with Crippen LogP contribution in [0.1, 0.15) is 28.1 Å². The van der Waals surface area contributed by atoms with Crippen LogP contribution in [0, 0.1) is 17.9 Å². The van der Waals surface area contributed by atoms with Gasteiger partial charge >= 0.3 is 0 Å². The highest BCUT2D eigenvalue weighted by molar-refractivity contribution is 5.84. The molecule has 0 bridgehead atoms. The van der Waals surface area contributed by atoms with Gasteiger partial charge in [0.1, 0.15) is 5.41 Å². The first-order valence-corrected chi connectivity index (χ1v) is 11.9. The number of pyridine rings is 2. The van der Waals surface area contributed by atoms with Gasteiger partial charge in [-0.05, 0) is 53.6 Å². The number of hydrogen-bond acceptors (Lipinski definition) is 4. The van der Waals surface area contributed by atoms with Gasteiger partial charge in [0.2, 0.25) is 0 Å². The zero-order valence-electron chi connectivity index (χ0n) is 20.1. The molecular weight excluding hydrogens is 454 g/mol. The van der Waals surface area contributed by atoms with Crippen molar-refractivity contribution in [3.8, 4) is 17.3 Å². The van der Waals surface area contributed by atoms with Gasteiger partial charge in [0.15, 0.2) is 5.69 Å². The summed E-state index contributed by atoms with van der Waals surface area (Å²) in [6.45, 7) is 7.62. The normalized spacial score (nSPS) is 15.7. The van der Waals surface area contributed by atoms with Gasteiger partial charge in [-0.3, -0.25) is 9.97 Å². The van der Waals surface area contributed by atoms with E-state index < -0.39 is 5.41 Å². The zero-order valence-corrected chi connectivity index (χ0v) is 20.1. The molecule has 3 aromatic carbocycles. The van der Waals surface area contributed by atoms with Crippen LogP contribution < -0.4 is 4.90 Å². The van der Waals surface area contributed by atoms with Crippen molar-refractivity contribution in [2.24, 2.45) is 0 Å². The third-order valence-corrected chi connectivity index (χ3v) is 7.02. The molecule has 0 saturated heterocycles. The highest BCUT2D eigenvalue weighted by Crippen LogP contribution is 2.55. The Morgan fingerprint density at radius 3 is 2.27 bits per heavy atom. The molecule has 5 aromatic rings. The van der Waals surface area contributed by atoms with Crippen LogP contribution in [-0.4, -0.2) is 17.0 Å².